The number of benzene rings is 1. The summed E-state index contributed by atoms with van der Waals surface area (Å²) >= 11 is 0. The molecule has 1 unspecified atom stereocenters. The van der Waals surface area contributed by atoms with Gasteiger partial charge in [-0.1, -0.05) is 32.9 Å². The zero-order valence-corrected chi connectivity index (χ0v) is 9.33. The highest BCUT2D eigenvalue weighted by Crippen LogP contribution is 2.28. The molecule has 1 rings (SSSR count). The highest BCUT2D eigenvalue weighted by atomic mass is 16.3. The molecule has 0 amide bonds. The van der Waals surface area contributed by atoms with Crippen molar-refractivity contribution in [3.8, 4) is 0 Å². The van der Waals surface area contributed by atoms with E-state index in [0.29, 0.717) is 5.69 Å². The van der Waals surface area contributed by atoms with Crippen LogP contribution in [0.4, 0.5) is 5.69 Å². The van der Waals surface area contributed by atoms with Crippen molar-refractivity contribution in [2.45, 2.75) is 39.2 Å². The molecule has 1 aromatic rings. The topological polar surface area (TPSA) is 46.2 Å². The lowest BCUT2D eigenvalue weighted by molar-refractivity contribution is 0.200. The molecule has 0 fully saturated rings. The first-order valence-electron chi connectivity index (χ1n) is 4.90. The van der Waals surface area contributed by atoms with Gasteiger partial charge in [0, 0.05) is 11.3 Å². The standard InChI is InChI=1S/C12H19NO/c1-8(14)10-7-9(12(2,3)4)5-6-11(10)13/h5-8,14H,13H2,1-4H3. The Balaban J connectivity index is 3.20. The Kier molecular flexibility index (Phi) is 2.86. The summed E-state index contributed by atoms with van der Waals surface area (Å²) in [5.41, 5.74) is 8.54. The minimum atomic E-state index is -0.503. The molecule has 0 saturated heterocycles. The van der Waals surface area contributed by atoms with Crippen LogP contribution in [0.25, 0.3) is 0 Å². The van der Waals surface area contributed by atoms with Crippen molar-refractivity contribution in [2.24, 2.45) is 0 Å². The fourth-order valence-electron chi connectivity index (χ4n) is 1.40. The molecule has 0 aliphatic rings. The second-order valence-electron chi connectivity index (χ2n) is 4.77. The van der Waals surface area contributed by atoms with E-state index in [0.717, 1.165) is 5.56 Å². The van der Waals surface area contributed by atoms with E-state index < -0.39 is 6.10 Å². The van der Waals surface area contributed by atoms with Gasteiger partial charge >= 0.3 is 0 Å². The van der Waals surface area contributed by atoms with E-state index >= 15 is 0 Å². The third-order valence-corrected chi connectivity index (χ3v) is 2.40. The molecular weight excluding hydrogens is 174 g/mol. The van der Waals surface area contributed by atoms with E-state index in [4.69, 9.17) is 5.73 Å². The lowest BCUT2D eigenvalue weighted by Crippen LogP contribution is -2.12. The van der Waals surface area contributed by atoms with Gasteiger partial charge in [-0.15, -0.1) is 0 Å². The van der Waals surface area contributed by atoms with E-state index in [1.807, 2.05) is 18.2 Å². The Morgan fingerprint density at radius 2 is 1.86 bits per heavy atom. The molecule has 0 spiro atoms. The number of aliphatic hydroxyl groups is 1. The van der Waals surface area contributed by atoms with Crippen LogP contribution < -0.4 is 5.73 Å². The molecule has 0 heterocycles. The van der Waals surface area contributed by atoms with E-state index in [9.17, 15) is 5.11 Å². The van der Waals surface area contributed by atoms with Gasteiger partial charge < -0.3 is 10.8 Å². The number of hydrogen-bond acceptors (Lipinski definition) is 2. The fourth-order valence-corrected chi connectivity index (χ4v) is 1.40. The van der Waals surface area contributed by atoms with Crippen LogP contribution in [0.15, 0.2) is 18.2 Å². The van der Waals surface area contributed by atoms with Crippen molar-refractivity contribution < 1.29 is 5.11 Å². The van der Waals surface area contributed by atoms with E-state index in [1.165, 1.54) is 5.56 Å². The number of nitrogen functional groups attached to an aromatic ring is 1. The monoisotopic (exact) mass is 193 g/mol. The SMILES string of the molecule is CC(O)c1cc(C(C)(C)C)ccc1N. The quantitative estimate of drug-likeness (QED) is 0.673. The number of rotatable bonds is 1. The number of nitrogens with two attached hydrogens (primary N) is 1. The van der Waals surface area contributed by atoms with E-state index in [-0.39, 0.29) is 5.41 Å². The molecule has 78 valence electrons. The van der Waals surface area contributed by atoms with Crippen molar-refractivity contribution in [1.29, 1.82) is 0 Å². The Morgan fingerprint density at radius 1 is 1.29 bits per heavy atom. The molecule has 2 heteroatoms. The molecule has 0 bridgehead atoms. The van der Waals surface area contributed by atoms with Gasteiger partial charge in [0.1, 0.15) is 0 Å². The summed E-state index contributed by atoms with van der Waals surface area (Å²) in [5.74, 6) is 0. The Morgan fingerprint density at radius 3 is 2.29 bits per heavy atom. The maximum atomic E-state index is 9.51. The summed E-state index contributed by atoms with van der Waals surface area (Å²) in [6.07, 6.45) is -0.503. The third-order valence-electron chi connectivity index (χ3n) is 2.40. The third kappa shape index (κ3) is 2.26. The summed E-state index contributed by atoms with van der Waals surface area (Å²) in [7, 11) is 0. The largest absolute Gasteiger partial charge is 0.398 e. The first kappa shape index (κ1) is 11.1. The van der Waals surface area contributed by atoms with Crippen LogP contribution >= 0.6 is 0 Å². The zero-order chi connectivity index (χ0) is 10.9. The first-order valence-corrected chi connectivity index (χ1v) is 4.90. The predicted molar refractivity (Wildman–Crippen MR) is 60.2 cm³/mol. The molecule has 3 N–H and O–H groups in total. The first-order chi connectivity index (χ1) is 6.32. The maximum Gasteiger partial charge on any atom is 0.0781 e. The average molecular weight is 193 g/mol. The summed E-state index contributed by atoms with van der Waals surface area (Å²) < 4.78 is 0. The molecular formula is C12H19NO. The van der Waals surface area contributed by atoms with Crippen LogP contribution in [0.2, 0.25) is 0 Å². The van der Waals surface area contributed by atoms with Crippen molar-refractivity contribution in [3.05, 3.63) is 29.3 Å². The molecule has 1 aromatic carbocycles. The maximum absolute atomic E-state index is 9.51. The van der Waals surface area contributed by atoms with E-state index in [1.54, 1.807) is 6.92 Å². The molecule has 14 heavy (non-hydrogen) atoms. The lowest BCUT2D eigenvalue weighted by atomic mass is 9.85. The van der Waals surface area contributed by atoms with Crippen LogP contribution in [-0.4, -0.2) is 5.11 Å². The normalized spacial score (nSPS) is 14.1. The Labute approximate surface area is 85.8 Å². The molecule has 0 aliphatic carbocycles. The highest BCUT2D eigenvalue weighted by Gasteiger charge is 2.16. The Bertz CT molecular complexity index is 324. The summed E-state index contributed by atoms with van der Waals surface area (Å²) in [6.45, 7) is 8.16. The van der Waals surface area contributed by atoms with Crippen LogP contribution in [0.1, 0.15) is 44.9 Å². The molecule has 2 nitrogen and oxygen atoms in total. The van der Waals surface area contributed by atoms with Gasteiger partial charge in [-0.25, -0.2) is 0 Å². The fraction of sp³-hybridized carbons (Fsp3) is 0.500. The van der Waals surface area contributed by atoms with Crippen molar-refractivity contribution in [2.75, 3.05) is 5.73 Å². The van der Waals surface area contributed by atoms with Crippen LogP contribution in [0, 0.1) is 0 Å². The number of aliphatic hydroxyl groups excluding tert-OH is 1. The number of anilines is 1. The smallest absolute Gasteiger partial charge is 0.0781 e. The molecule has 1 atom stereocenters. The molecule has 0 saturated carbocycles. The van der Waals surface area contributed by atoms with Crippen LogP contribution in [-0.2, 0) is 5.41 Å². The molecule has 0 radical (unpaired) electrons. The number of hydrogen-bond donors (Lipinski definition) is 2. The van der Waals surface area contributed by atoms with Crippen LogP contribution in [0.3, 0.4) is 0 Å². The second-order valence-corrected chi connectivity index (χ2v) is 4.77. The van der Waals surface area contributed by atoms with Gasteiger partial charge in [-0.3, -0.25) is 0 Å². The van der Waals surface area contributed by atoms with Crippen molar-refractivity contribution in [3.63, 3.8) is 0 Å². The minimum absolute atomic E-state index is 0.0946. The van der Waals surface area contributed by atoms with Crippen LogP contribution in [0.5, 0.6) is 0 Å². The summed E-state index contributed by atoms with van der Waals surface area (Å²) in [4.78, 5) is 0. The average Bonchev–Trinajstić information content (AvgIpc) is 2.02. The van der Waals surface area contributed by atoms with E-state index in [2.05, 4.69) is 20.8 Å². The minimum Gasteiger partial charge on any atom is -0.398 e. The van der Waals surface area contributed by atoms with Gasteiger partial charge in [0.2, 0.25) is 0 Å². The van der Waals surface area contributed by atoms with Gasteiger partial charge in [0.25, 0.3) is 0 Å². The summed E-state index contributed by atoms with van der Waals surface area (Å²) in [5, 5.41) is 9.51. The lowest BCUT2D eigenvalue weighted by Gasteiger charge is -2.21. The van der Waals surface area contributed by atoms with Gasteiger partial charge in [-0.05, 0) is 24.0 Å². The van der Waals surface area contributed by atoms with Crippen molar-refractivity contribution in [1.82, 2.24) is 0 Å². The highest BCUT2D eigenvalue weighted by molar-refractivity contribution is 5.50. The van der Waals surface area contributed by atoms with Gasteiger partial charge in [0.05, 0.1) is 6.10 Å². The molecule has 0 aromatic heterocycles. The second kappa shape index (κ2) is 3.62. The zero-order valence-electron chi connectivity index (χ0n) is 9.33. The predicted octanol–water partition coefficient (Wildman–Crippen LogP) is 2.62. The molecule has 0 aliphatic heterocycles. The van der Waals surface area contributed by atoms with Gasteiger partial charge in [-0.2, -0.15) is 0 Å². The Hall–Kier alpha value is -1.02. The summed E-state index contributed by atoms with van der Waals surface area (Å²) in [6, 6.07) is 5.86. The van der Waals surface area contributed by atoms with Crippen molar-refractivity contribution >= 4 is 5.69 Å². The van der Waals surface area contributed by atoms with Gasteiger partial charge in [0.15, 0.2) is 0 Å².